The lowest BCUT2D eigenvalue weighted by Gasteiger charge is -2.18. The molecule has 1 rings (SSSR count). The molecule has 0 aliphatic rings. The summed E-state index contributed by atoms with van der Waals surface area (Å²) in [5, 5.41) is 10.4. The maximum absolute atomic E-state index is 10.9. The van der Waals surface area contributed by atoms with E-state index in [1.807, 2.05) is 30.3 Å². The van der Waals surface area contributed by atoms with Gasteiger partial charge in [-0.2, -0.15) is 0 Å². The maximum atomic E-state index is 10.9. The van der Waals surface area contributed by atoms with Gasteiger partial charge in [-0.25, -0.2) is 0 Å². The highest BCUT2D eigenvalue weighted by Gasteiger charge is 2.09. The van der Waals surface area contributed by atoms with Crippen molar-refractivity contribution < 1.29 is 4.79 Å². The molecule has 0 saturated heterocycles. The normalized spacial score (nSPS) is 12.5. The van der Waals surface area contributed by atoms with Crippen LogP contribution in [0.2, 0.25) is 0 Å². The van der Waals surface area contributed by atoms with Crippen LogP contribution in [0.3, 0.4) is 0 Å². The summed E-state index contributed by atoms with van der Waals surface area (Å²) in [5.41, 5.74) is 2.74. The van der Waals surface area contributed by atoms with E-state index >= 15 is 0 Å². The van der Waals surface area contributed by atoms with E-state index in [2.05, 4.69) is 0 Å². The number of benzene rings is 1. The van der Waals surface area contributed by atoms with Gasteiger partial charge in [-0.05, 0) is 18.9 Å². The van der Waals surface area contributed by atoms with Gasteiger partial charge in [0.25, 0.3) is 0 Å². The number of rotatable bonds is 4. The molecular weight excluding hydrogens is 166 g/mol. The molecule has 1 aromatic carbocycles. The van der Waals surface area contributed by atoms with E-state index in [1.165, 1.54) is 6.92 Å². The van der Waals surface area contributed by atoms with Crippen LogP contribution in [-0.4, -0.2) is 11.8 Å². The van der Waals surface area contributed by atoms with Gasteiger partial charge in [0.2, 0.25) is 0 Å². The fourth-order valence-electron chi connectivity index (χ4n) is 1.12. The fourth-order valence-corrected chi connectivity index (χ4v) is 1.12. The standard InChI is InChI=1S/C10H12NO2/c1-8(12)10(11-13)7-9-5-3-2-4-6-9/h2-6,10-11H,7H2,1H3/q-1/t10-/m1/s1. The Labute approximate surface area is 77.4 Å². The van der Waals surface area contributed by atoms with Crippen molar-refractivity contribution in [2.75, 3.05) is 0 Å². The Hall–Kier alpha value is -1.19. The van der Waals surface area contributed by atoms with Crippen LogP contribution in [0.5, 0.6) is 0 Å². The largest absolute Gasteiger partial charge is 0.787 e. The summed E-state index contributed by atoms with van der Waals surface area (Å²) in [6.45, 7) is 1.42. The van der Waals surface area contributed by atoms with E-state index in [9.17, 15) is 10.0 Å². The zero-order valence-electron chi connectivity index (χ0n) is 7.49. The lowest BCUT2D eigenvalue weighted by Crippen LogP contribution is -2.33. The molecule has 0 saturated carbocycles. The number of ketones is 1. The number of carbonyl (C=O) groups excluding carboxylic acids is 1. The van der Waals surface area contributed by atoms with E-state index < -0.39 is 6.04 Å². The molecule has 0 heterocycles. The summed E-state index contributed by atoms with van der Waals surface area (Å²) in [7, 11) is 0. The molecule has 0 amide bonds. The molecule has 70 valence electrons. The van der Waals surface area contributed by atoms with E-state index in [0.29, 0.717) is 6.42 Å². The predicted molar refractivity (Wildman–Crippen MR) is 51.1 cm³/mol. The molecule has 1 N–H and O–H groups in total. The van der Waals surface area contributed by atoms with Crippen molar-refractivity contribution in [2.24, 2.45) is 0 Å². The molecule has 0 unspecified atom stereocenters. The van der Waals surface area contributed by atoms with Crippen molar-refractivity contribution in [1.82, 2.24) is 5.48 Å². The molecule has 0 bridgehead atoms. The molecule has 0 aromatic heterocycles. The van der Waals surface area contributed by atoms with Crippen molar-refractivity contribution in [3.8, 4) is 0 Å². The number of carbonyl (C=O) groups is 1. The minimum Gasteiger partial charge on any atom is -0.787 e. The molecule has 1 atom stereocenters. The van der Waals surface area contributed by atoms with Gasteiger partial charge in [0.1, 0.15) is 5.78 Å². The first kappa shape index (κ1) is 9.89. The number of Topliss-reactive ketones (excluding diaryl/α,β-unsaturated/α-hetero) is 1. The van der Waals surface area contributed by atoms with Crippen molar-refractivity contribution in [2.45, 2.75) is 19.4 Å². The fraction of sp³-hybridized carbons (Fsp3) is 0.300. The number of nitrogens with one attached hydrogen (secondary N) is 1. The Kier molecular flexibility index (Phi) is 3.61. The monoisotopic (exact) mass is 178 g/mol. The summed E-state index contributed by atoms with van der Waals surface area (Å²) in [6, 6.07) is 8.86. The Morgan fingerprint density at radius 1 is 1.46 bits per heavy atom. The van der Waals surface area contributed by atoms with Gasteiger partial charge in [-0.15, -0.1) is 0 Å². The molecule has 0 aliphatic heterocycles. The first-order chi connectivity index (χ1) is 6.24. The summed E-state index contributed by atoms with van der Waals surface area (Å²) in [6.07, 6.45) is 0.458. The molecule has 3 nitrogen and oxygen atoms in total. The van der Waals surface area contributed by atoms with Crippen LogP contribution in [-0.2, 0) is 11.2 Å². The van der Waals surface area contributed by atoms with Gasteiger partial charge in [-0.1, -0.05) is 30.3 Å². The van der Waals surface area contributed by atoms with Crippen LogP contribution in [0.15, 0.2) is 30.3 Å². The minimum absolute atomic E-state index is 0.126. The first-order valence-corrected chi connectivity index (χ1v) is 4.16. The molecule has 0 fully saturated rings. The van der Waals surface area contributed by atoms with Crippen LogP contribution in [0.4, 0.5) is 0 Å². The highest BCUT2D eigenvalue weighted by atomic mass is 16.5. The molecule has 0 radical (unpaired) electrons. The Morgan fingerprint density at radius 3 is 2.54 bits per heavy atom. The van der Waals surface area contributed by atoms with E-state index in [0.717, 1.165) is 5.56 Å². The second-order valence-electron chi connectivity index (χ2n) is 2.97. The molecule has 0 spiro atoms. The van der Waals surface area contributed by atoms with Crippen LogP contribution >= 0.6 is 0 Å². The molecule has 13 heavy (non-hydrogen) atoms. The molecular formula is C10H12NO2-. The van der Waals surface area contributed by atoms with Gasteiger partial charge in [-0.3, -0.25) is 4.79 Å². The average Bonchev–Trinajstić information content (AvgIpc) is 2.15. The zero-order valence-corrected chi connectivity index (χ0v) is 7.49. The third-order valence-corrected chi connectivity index (χ3v) is 1.92. The van der Waals surface area contributed by atoms with E-state index in [-0.39, 0.29) is 5.78 Å². The second kappa shape index (κ2) is 4.74. The van der Waals surface area contributed by atoms with Gasteiger partial charge in [0, 0.05) is 0 Å². The molecule has 0 aliphatic carbocycles. The van der Waals surface area contributed by atoms with Gasteiger partial charge in [0.05, 0.1) is 6.04 Å². The van der Waals surface area contributed by atoms with Gasteiger partial charge < -0.3 is 10.7 Å². The lowest BCUT2D eigenvalue weighted by atomic mass is 10.0. The summed E-state index contributed by atoms with van der Waals surface area (Å²) >= 11 is 0. The predicted octanol–water partition coefficient (Wildman–Crippen LogP) is 1.27. The lowest BCUT2D eigenvalue weighted by molar-refractivity contribution is -0.118. The van der Waals surface area contributed by atoms with Crippen molar-refractivity contribution in [1.29, 1.82) is 0 Å². The highest BCUT2D eigenvalue weighted by Crippen LogP contribution is 2.03. The topological polar surface area (TPSA) is 52.2 Å². The Bertz CT molecular complexity index is 272. The maximum Gasteiger partial charge on any atom is 0.146 e. The smallest absolute Gasteiger partial charge is 0.146 e. The minimum atomic E-state index is -0.609. The van der Waals surface area contributed by atoms with E-state index in [4.69, 9.17) is 0 Å². The van der Waals surface area contributed by atoms with Crippen LogP contribution < -0.4 is 5.48 Å². The van der Waals surface area contributed by atoms with Gasteiger partial charge in [0.15, 0.2) is 0 Å². The SMILES string of the molecule is CC(=O)[C@@H](Cc1ccccc1)N[O-]. The average molecular weight is 178 g/mol. The molecule has 1 aromatic rings. The summed E-state index contributed by atoms with van der Waals surface area (Å²) in [5.74, 6) is -0.126. The van der Waals surface area contributed by atoms with Crippen LogP contribution in [0.25, 0.3) is 0 Å². The summed E-state index contributed by atoms with van der Waals surface area (Å²) < 4.78 is 0. The first-order valence-electron chi connectivity index (χ1n) is 4.16. The van der Waals surface area contributed by atoms with Crippen molar-refractivity contribution >= 4 is 5.78 Å². The third kappa shape index (κ3) is 2.97. The third-order valence-electron chi connectivity index (χ3n) is 1.92. The van der Waals surface area contributed by atoms with Gasteiger partial charge >= 0.3 is 0 Å². The number of hydrogen-bond acceptors (Lipinski definition) is 3. The number of hydroxylamine groups is 1. The highest BCUT2D eigenvalue weighted by molar-refractivity contribution is 5.81. The zero-order chi connectivity index (χ0) is 9.68. The van der Waals surface area contributed by atoms with Crippen molar-refractivity contribution in [3.05, 3.63) is 41.1 Å². The Balaban J connectivity index is 2.62. The van der Waals surface area contributed by atoms with E-state index in [1.54, 1.807) is 5.48 Å². The Morgan fingerprint density at radius 2 is 2.08 bits per heavy atom. The number of hydrogen-bond donors (Lipinski definition) is 1. The second-order valence-corrected chi connectivity index (χ2v) is 2.97. The van der Waals surface area contributed by atoms with Crippen molar-refractivity contribution in [3.63, 3.8) is 0 Å². The quantitative estimate of drug-likeness (QED) is 0.706. The molecule has 3 heteroatoms. The van der Waals surface area contributed by atoms with Crippen LogP contribution in [0.1, 0.15) is 12.5 Å². The van der Waals surface area contributed by atoms with Crippen LogP contribution in [0, 0.1) is 5.21 Å². The summed E-state index contributed by atoms with van der Waals surface area (Å²) in [4.78, 5) is 10.9.